The number of carbonyl (C=O) groups excluding carboxylic acids is 1. The Morgan fingerprint density at radius 1 is 1.21 bits per heavy atom. The molecule has 0 radical (unpaired) electrons. The predicted octanol–water partition coefficient (Wildman–Crippen LogP) is 2.72. The number of fused-ring (bicyclic) bond motifs is 2. The zero-order valence-electron chi connectivity index (χ0n) is 18.0. The lowest BCUT2D eigenvalue weighted by molar-refractivity contribution is -0.147. The van der Waals surface area contributed by atoms with Gasteiger partial charge in [-0.25, -0.2) is 4.98 Å². The highest BCUT2D eigenvalue weighted by atomic mass is 16.7. The number of ether oxygens (including phenoxy) is 4. The van der Waals surface area contributed by atoms with E-state index in [4.69, 9.17) is 24.1 Å². The summed E-state index contributed by atoms with van der Waals surface area (Å²) in [5, 5.41) is 11.9. The first-order valence-electron chi connectivity index (χ1n) is 10.9. The van der Waals surface area contributed by atoms with E-state index in [-0.39, 0.29) is 37.5 Å². The van der Waals surface area contributed by atoms with Crippen LogP contribution in [0.3, 0.4) is 0 Å². The number of aliphatic hydroxyl groups is 1. The number of rotatable bonds is 8. The van der Waals surface area contributed by atoms with Crippen LogP contribution in [0, 0.1) is 0 Å². The first-order chi connectivity index (χ1) is 16.2. The van der Waals surface area contributed by atoms with Gasteiger partial charge in [0, 0.05) is 18.9 Å². The number of nitrogens with zero attached hydrogens (tertiary/aromatic N) is 1. The van der Waals surface area contributed by atoms with E-state index in [1.807, 2.05) is 42.5 Å². The number of aliphatic hydroxyl groups excluding tert-OH is 1. The number of aromatic nitrogens is 2. The van der Waals surface area contributed by atoms with Gasteiger partial charge in [0.2, 0.25) is 13.1 Å². The molecule has 0 aliphatic carbocycles. The largest absolute Gasteiger partial charge is 0.459 e. The number of amides is 1. The van der Waals surface area contributed by atoms with Crippen molar-refractivity contribution >= 4 is 16.9 Å². The molecule has 1 aromatic heterocycles. The number of H-pyrrole nitrogens is 1. The van der Waals surface area contributed by atoms with Crippen LogP contribution in [0.5, 0.6) is 11.5 Å². The molecule has 5 rings (SSSR count). The van der Waals surface area contributed by atoms with E-state index in [2.05, 4.69) is 15.3 Å². The van der Waals surface area contributed by atoms with Crippen molar-refractivity contribution in [3.05, 3.63) is 65.7 Å². The van der Waals surface area contributed by atoms with Gasteiger partial charge in [-0.05, 0) is 42.3 Å². The molecule has 9 heteroatoms. The van der Waals surface area contributed by atoms with Crippen LogP contribution in [-0.2, 0) is 20.8 Å². The van der Waals surface area contributed by atoms with Gasteiger partial charge in [-0.2, -0.15) is 0 Å². The Morgan fingerprint density at radius 3 is 2.97 bits per heavy atom. The summed E-state index contributed by atoms with van der Waals surface area (Å²) in [5.74, 6) is 1.77. The first kappa shape index (κ1) is 21.3. The number of para-hydroxylation sites is 2. The summed E-state index contributed by atoms with van der Waals surface area (Å²) >= 11 is 0. The molecule has 2 aliphatic rings. The summed E-state index contributed by atoms with van der Waals surface area (Å²) in [5.41, 5.74) is 2.73. The van der Waals surface area contributed by atoms with Gasteiger partial charge in [0.25, 0.3) is 5.91 Å². The molecule has 172 valence electrons. The summed E-state index contributed by atoms with van der Waals surface area (Å²) in [7, 11) is 0. The van der Waals surface area contributed by atoms with Crippen LogP contribution in [0.15, 0.2) is 54.3 Å². The predicted molar refractivity (Wildman–Crippen MR) is 118 cm³/mol. The van der Waals surface area contributed by atoms with E-state index in [9.17, 15) is 4.79 Å². The maximum atomic E-state index is 12.9. The molecule has 0 saturated heterocycles. The van der Waals surface area contributed by atoms with Gasteiger partial charge in [0.1, 0.15) is 5.82 Å². The van der Waals surface area contributed by atoms with Gasteiger partial charge in [0.05, 0.1) is 24.2 Å². The fourth-order valence-electron chi connectivity index (χ4n) is 3.91. The van der Waals surface area contributed by atoms with Gasteiger partial charge in [-0.15, -0.1) is 0 Å². The van der Waals surface area contributed by atoms with E-state index in [1.54, 1.807) is 6.08 Å². The standard InChI is InChI=1S/C24H25N3O6/c28-8-3-9-30-23-12-16(15-6-7-19-20(10-15)32-14-31-19)11-21(33-23)24(29)25-13-22-26-17-4-1-2-5-18(17)27-22/h1-2,4-7,10-11,16,23,28H,3,8-9,12-14H2,(H,25,29)(H,26,27)/t16-,23+/m1/s1. The highest BCUT2D eigenvalue weighted by Gasteiger charge is 2.29. The van der Waals surface area contributed by atoms with E-state index in [0.29, 0.717) is 36.8 Å². The highest BCUT2D eigenvalue weighted by molar-refractivity contribution is 5.91. The van der Waals surface area contributed by atoms with Crippen LogP contribution >= 0.6 is 0 Å². The molecular weight excluding hydrogens is 426 g/mol. The molecule has 0 spiro atoms. The van der Waals surface area contributed by atoms with Crippen LogP contribution in [0.4, 0.5) is 0 Å². The number of aromatic amines is 1. The van der Waals surface area contributed by atoms with E-state index < -0.39 is 6.29 Å². The highest BCUT2D eigenvalue weighted by Crippen LogP contribution is 2.38. The molecular formula is C24H25N3O6. The summed E-state index contributed by atoms with van der Waals surface area (Å²) in [6.45, 7) is 0.797. The fourth-order valence-corrected chi connectivity index (χ4v) is 3.91. The van der Waals surface area contributed by atoms with Crippen molar-refractivity contribution in [3.8, 4) is 11.5 Å². The van der Waals surface area contributed by atoms with Crippen molar-refractivity contribution in [2.75, 3.05) is 20.0 Å². The van der Waals surface area contributed by atoms with Crippen molar-refractivity contribution in [1.29, 1.82) is 0 Å². The minimum absolute atomic E-state index is 0.0268. The molecule has 3 heterocycles. The lowest BCUT2D eigenvalue weighted by atomic mass is 9.92. The van der Waals surface area contributed by atoms with Crippen LogP contribution in [0.2, 0.25) is 0 Å². The van der Waals surface area contributed by atoms with Crippen LogP contribution in [0.1, 0.15) is 30.1 Å². The number of hydrogen-bond acceptors (Lipinski definition) is 7. The van der Waals surface area contributed by atoms with Gasteiger partial charge in [-0.3, -0.25) is 4.79 Å². The van der Waals surface area contributed by atoms with Gasteiger partial charge in [0.15, 0.2) is 17.3 Å². The van der Waals surface area contributed by atoms with Crippen molar-refractivity contribution in [2.45, 2.75) is 31.6 Å². The first-order valence-corrected chi connectivity index (χ1v) is 10.9. The molecule has 2 aromatic carbocycles. The van der Waals surface area contributed by atoms with Gasteiger partial charge in [-0.1, -0.05) is 18.2 Å². The summed E-state index contributed by atoms with van der Waals surface area (Å²) in [4.78, 5) is 20.6. The summed E-state index contributed by atoms with van der Waals surface area (Å²) in [6, 6.07) is 13.4. The van der Waals surface area contributed by atoms with Crippen LogP contribution < -0.4 is 14.8 Å². The fraction of sp³-hybridized carbons (Fsp3) is 0.333. The zero-order valence-corrected chi connectivity index (χ0v) is 18.0. The lowest BCUT2D eigenvalue weighted by Gasteiger charge is -2.29. The van der Waals surface area contributed by atoms with E-state index in [1.165, 1.54) is 0 Å². The molecule has 2 atom stereocenters. The quantitative estimate of drug-likeness (QED) is 0.451. The van der Waals surface area contributed by atoms with Crippen molar-refractivity contribution in [2.24, 2.45) is 0 Å². The molecule has 0 bridgehead atoms. The Balaban J connectivity index is 1.32. The Kier molecular flexibility index (Phi) is 6.14. The third-order valence-corrected chi connectivity index (χ3v) is 5.57. The maximum Gasteiger partial charge on any atom is 0.286 e. The van der Waals surface area contributed by atoms with E-state index in [0.717, 1.165) is 16.6 Å². The zero-order chi connectivity index (χ0) is 22.6. The molecule has 33 heavy (non-hydrogen) atoms. The maximum absolute atomic E-state index is 12.9. The molecule has 9 nitrogen and oxygen atoms in total. The Morgan fingerprint density at radius 2 is 2.09 bits per heavy atom. The molecule has 0 fully saturated rings. The monoisotopic (exact) mass is 451 g/mol. The van der Waals surface area contributed by atoms with Crippen molar-refractivity contribution < 1.29 is 28.8 Å². The van der Waals surface area contributed by atoms with Gasteiger partial charge < -0.3 is 34.4 Å². The van der Waals surface area contributed by atoms with Crippen molar-refractivity contribution in [3.63, 3.8) is 0 Å². The molecule has 0 unspecified atom stereocenters. The summed E-state index contributed by atoms with van der Waals surface area (Å²) < 4.78 is 22.5. The second-order valence-electron chi connectivity index (χ2n) is 7.86. The number of carbonyl (C=O) groups is 1. The molecule has 3 aromatic rings. The summed E-state index contributed by atoms with van der Waals surface area (Å²) in [6.07, 6.45) is 2.22. The average molecular weight is 451 g/mol. The van der Waals surface area contributed by atoms with Crippen LogP contribution in [0.25, 0.3) is 11.0 Å². The smallest absolute Gasteiger partial charge is 0.286 e. The number of imidazole rings is 1. The number of nitrogens with one attached hydrogen (secondary N) is 2. The third kappa shape index (κ3) is 4.79. The third-order valence-electron chi connectivity index (χ3n) is 5.57. The SMILES string of the molecule is O=C(NCc1nc2ccccc2[nH]1)C1=C[C@@H](c2ccc3c(c2)OCO3)C[C@@H](OCCCO)O1. The normalized spacial score (nSPS) is 19.2. The minimum Gasteiger partial charge on any atom is -0.459 e. The number of hydrogen-bond donors (Lipinski definition) is 3. The van der Waals surface area contributed by atoms with Crippen molar-refractivity contribution in [1.82, 2.24) is 15.3 Å². The van der Waals surface area contributed by atoms with Crippen LogP contribution in [-0.4, -0.2) is 47.3 Å². The average Bonchev–Trinajstić information content (AvgIpc) is 3.48. The topological polar surface area (TPSA) is 115 Å². The van der Waals surface area contributed by atoms with Gasteiger partial charge >= 0.3 is 0 Å². The lowest BCUT2D eigenvalue weighted by Crippen LogP contribution is -2.33. The minimum atomic E-state index is -0.607. The molecule has 1 amide bonds. The second-order valence-corrected chi connectivity index (χ2v) is 7.86. The Labute approximate surface area is 190 Å². The number of benzene rings is 2. The molecule has 2 aliphatic heterocycles. The Hall–Kier alpha value is -3.56. The Bertz CT molecular complexity index is 1140. The van der Waals surface area contributed by atoms with E-state index >= 15 is 0 Å². The molecule has 0 saturated carbocycles. The number of allylic oxidation sites excluding steroid dienone is 1. The second kappa shape index (κ2) is 9.51. The molecule has 3 N–H and O–H groups in total.